The highest BCUT2D eigenvalue weighted by atomic mass is 32.2. The van der Waals surface area contributed by atoms with Crippen LogP contribution >= 0.6 is 11.8 Å². The fourth-order valence-electron chi connectivity index (χ4n) is 3.94. The lowest BCUT2D eigenvalue weighted by molar-refractivity contribution is -0.119. The van der Waals surface area contributed by atoms with E-state index in [-0.39, 0.29) is 23.8 Å². The molecule has 1 aromatic carbocycles. The Morgan fingerprint density at radius 2 is 1.97 bits per heavy atom. The molecule has 1 heterocycles. The van der Waals surface area contributed by atoms with Gasteiger partial charge in [0.05, 0.1) is 11.8 Å². The summed E-state index contributed by atoms with van der Waals surface area (Å²) in [5, 5.41) is 15.7. The summed E-state index contributed by atoms with van der Waals surface area (Å²) < 4.78 is 1.99. The second kappa shape index (κ2) is 10.8. The van der Waals surface area contributed by atoms with Gasteiger partial charge >= 0.3 is 0 Å². The maximum Gasteiger partial charge on any atom is 0.251 e. The van der Waals surface area contributed by atoms with E-state index in [0.717, 1.165) is 24.2 Å². The molecular formula is C23H33N5O2S. The first-order valence-corrected chi connectivity index (χ1v) is 12.1. The van der Waals surface area contributed by atoms with Gasteiger partial charge < -0.3 is 15.2 Å². The van der Waals surface area contributed by atoms with Crippen molar-refractivity contribution in [3.63, 3.8) is 0 Å². The van der Waals surface area contributed by atoms with Gasteiger partial charge in [0.25, 0.3) is 5.91 Å². The van der Waals surface area contributed by atoms with Crippen molar-refractivity contribution >= 4 is 23.6 Å². The minimum absolute atomic E-state index is 0.0391. The molecule has 0 radical (unpaired) electrons. The van der Waals surface area contributed by atoms with Gasteiger partial charge in [0.2, 0.25) is 5.91 Å². The van der Waals surface area contributed by atoms with Gasteiger partial charge in [0, 0.05) is 18.2 Å². The lowest BCUT2D eigenvalue weighted by Crippen LogP contribution is -2.34. The highest BCUT2D eigenvalue weighted by Crippen LogP contribution is 2.26. The van der Waals surface area contributed by atoms with Gasteiger partial charge in [-0.05, 0) is 44.7 Å². The first-order chi connectivity index (χ1) is 14.9. The summed E-state index contributed by atoms with van der Waals surface area (Å²) in [5.74, 6) is 1.08. The van der Waals surface area contributed by atoms with Crippen LogP contribution in [0.1, 0.15) is 74.2 Å². The monoisotopic (exact) mass is 443 g/mol. The number of aryl methyl sites for hydroxylation is 1. The van der Waals surface area contributed by atoms with Crippen LogP contribution in [0.3, 0.4) is 0 Å². The average molecular weight is 444 g/mol. The first-order valence-electron chi connectivity index (χ1n) is 11.1. The highest BCUT2D eigenvalue weighted by Gasteiger charge is 2.26. The Balaban J connectivity index is 1.69. The Bertz CT molecular complexity index is 905. The molecule has 0 bridgehead atoms. The molecule has 1 aliphatic rings. The van der Waals surface area contributed by atoms with Gasteiger partial charge in [-0.2, -0.15) is 0 Å². The summed E-state index contributed by atoms with van der Waals surface area (Å²) in [4.78, 5) is 25.1. The highest BCUT2D eigenvalue weighted by molar-refractivity contribution is 7.99. The Hall–Kier alpha value is -2.35. The molecule has 1 atom stereocenters. The van der Waals surface area contributed by atoms with Gasteiger partial charge in [-0.15, -0.1) is 10.2 Å². The molecule has 3 rings (SSSR count). The van der Waals surface area contributed by atoms with Gasteiger partial charge in [0.1, 0.15) is 0 Å². The fourth-order valence-corrected chi connectivity index (χ4v) is 4.76. The molecule has 0 saturated heterocycles. The third-order valence-electron chi connectivity index (χ3n) is 5.63. The van der Waals surface area contributed by atoms with Gasteiger partial charge in [-0.25, -0.2) is 0 Å². The van der Waals surface area contributed by atoms with Gasteiger partial charge in [0.15, 0.2) is 11.0 Å². The van der Waals surface area contributed by atoms with E-state index in [9.17, 15) is 9.59 Å². The maximum absolute atomic E-state index is 12.8. The van der Waals surface area contributed by atoms with Crippen molar-refractivity contribution in [1.82, 2.24) is 25.4 Å². The van der Waals surface area contributed by atoms with E-state index in [0.29, 0.717) is 29.1 Å². The lowest BCUT2D eigenvalue weighted by atomic mass is 10.0. The van der Waals surface area contributed by atoms with Crippen molar-refractivity contribution < 1.29 is 9.59 Å². The van der Waals surface area contributed by atoms with Crippen LogP contribution < -0.4 is 10.6 Å². The van der Waals surface area contributed by atoms with Gasteiger partial charge in [-0.1, -0.05) is 56.1 Å². The zero-order valence-electron chi connectivity index (χ0n) is 18.9. The van der Waals surface area contributed by atoms with E-state index in [2.05, 4.69) is 34.7 Å². The molecule has 0 spiro atoms. The Morgan fingerprint density at radius 3 is 2.61 bits per heavy atom. The van der Waals surface area contributed by atoms with E-state index < -0.39 is 0 Å². The zero-order valence-corrected chi connectivity index (χ0v) is 19.7. The van der Waals surface area contributed by atoms with E-state index >= 15 is 0 Å². The number of thioether (sulfide) groups is 1. The molecular weight excluding hydrogens is 410 g/mol. The normalized spacial score (nSPS) is 15.3. The average Bonchev–Trinajstić information content (AvgIpc) is 3.39. The van der Waals surface area contributed by atoms with E-state index in [4.69, 9.17) is 0 Å². The summed E-state index contributed by atoms with van der Waals surface area (Å²) >= 11 is 1.39. The number of benzene rings is 1. The van der Waals surface area contributed by atoms with Crippen molar-refractivity contribution in [2.75, 3.05) is 5.75 Å². The Kier molecular flexibility index (Phi) is 8.12. The van der Waals surface area contributed by atoms with Crippen LogP contribution in [-0.2, 0) is 11.3 Å². The molecule has 1 fully saturated rings. The SMILES string of the molecule is CCn1c(SCC(=O)NC2CCCC2)nnc1[C@H](NC(=O)c1cccc(C)c1)C(C)C. The molecule has 1 aromatic heterocycles. The van der Waals surface area contributed by atoms with Crippen LogP contribution in [0.2, 0.25) is 0 Å². The third-order valence-corrected chi connectivity index (χ3v) is 6.59. The maximum atomic E-state index is 12.8. The topological polar surface area (TPSA) is 88.9 Å². The third kappa shape index (κ3) is 6.09. The number of aromatic nitrogens is 3. The number of amides is 2. The fraction of sp³-hybridized carbons (Fsp3) is 0.565. The Morgan fingerprint density at radius 1 is 1.23 bits per heavy atom. The number of hydrogen-bond donors (Lipinski definition) is 2. The summed E-state index contributed by atoms with van der Waals surface area (Å²) in [7, 11) is 0. The predicted molar refractivity (Wildman–Crippen MR) is 123 cm³/mol. The van der Waals surface area contributed by atoms with Crippen LogP contribution in [0.4, 0.5) is 0 Å². The van der Waals surface area contributed by atoms with Crippen LogP contribution in [-0.4, -0.2) is 38.4 Å². The molecule has 2 aromatic rings. The lowest BCUT2D eigenvalue weighted by Gasteiger charge is -2.22. The molecule has 1 saturated carbocycles. The summed E-state index contributed by atoms with van der Waals surface area (Å²) in [5.41, 5.74) is 1.67. The zero-order chi connectivity index (χ0) is 22.4. The van der Waals surface area contributed by atoms with Crippen LogP contribution in [0.25, 0.3) is 0 Å². The minimum atomic E-state index is -0.276. The molecule has 8 heteroatoms. The first kappa shape index (κ1) is 23.3. The van der Waals surface area contributed by atoms with E-state index in [1.54, 1.807) is 0 Å². The quantitative estimate of drug-likeness (QED) is 0.574. The van der Waals surface area contributed by atoms with Crippen molar-refractivity contribution in [2.45, 2.75) is 77.2 Å². The second-order valence-electron chi connectivity index (χ2n) is 8.49. The number of carbonyl (C=O) groups is 2. The number of rotatable bonds is 9. The molecule has 2 amide bonds. The molecule has 168 valence electrons. The summed E-state index contributed by atoms with van der Waals surface area (Å²) in [6.07, 6.45) is 4.53. The largest absolute Gasteiger partial charge is 0.353 e. The van der Waals surface area contributed by atoms with Crippen LogP contribution in [0.5, 0.6) is 0 Å². The van der Waals surface area contributed by atoms with Crippen molar-refractivity contribution in [1.29, 1.82) is 0 Å². The molecule has 7 nitrogen and oxygen atoms in total. The Labute approximate surface area is 188 Å². The second-order valence-corrected chi connectivity index (χ2v) is 9.43. The molecule has 2 N–H and O–H groups in total. The number of nitrogens with one attached hydrogen (secondary N) is 2. The minimum Gasteiger partial charge on any atom is -0.353 e. The molecule has 31 heavy (non-hydrogen) atoms. The molecule has 0 aliphatic heterocycles. The van der Waals surface area contributed by atoms with Crippen molar-refractivity contribution in [2.24, 2.45) is 5.92 Å². The smallest absolute Gasteiger partial charge is 0.251 e. The van der Waals surface area contributed by atoms with Gasteiger partial charge in [-0.3, -0.25) is 9.59 Å². The van der Waals surface area contributed by atoms with Crippen LogP contribution in [0.15, 0.2) is 29.4 Å². The summed E-state index contributed by atoms with van der Waals surface area (Å²) in [6.45, 7) is 8.76. The standard InChI is InChI=1S/C23H33N5O2S/c1-5-28-21(20(15(2)3)25-22(30)17-10-8-9-16(4)13-17)26-27-23(28)31-14-19(29)24-18-11-6-7-12-18/h8-10,13,15,18,20H,5-7,11-12,14H2,1-4H3,(H,24,29)(H,25,30)/t20-/m1/s1. The molecule has 0 unspecified atom stereocenters. The van der Waals surface area contributed by atoms with Crippen LogP contribution in [0, 0.1) is 12.8 Å². The number of carbonyl (C=O) groups excluding carboxylic acids is 2. The number of nitrogens with zero attached hydrogens (tertiary/aromatic N) is 3. The van der Waals surface area contributed by atoms with Crippen molar-refractivity contribution in [3.8, 4) is 0 Å². The van der Waals surface area contributed by atoms with E-state index in [1.165, 1.54) is 24.6 Å². The van der Waals surface area contributed by atoms with Crippen molar-refractivity contribution in [3.05, 3.63) is 41.2 Å². The van der Waals surface area contributed by atoms with E-state index in [1.807, 2.05) is 42.7 Å². The number of hydrogen-bond acceptors (Lipinski definition) is 5. The molecule has 1 aliphatic carbocycles. The predicted octanol–water partition coefficient (Wildman–Crippen LogP) is 3.88. The summed E-state index contributed by atoms with van der Waals surface area (Å²) in [6, 6.07) is 7.58.